The Morgan fingerprint density at radius 3 is 2.35 bits per heavy atom. The van der Waals surface area contributed by atoms with Crippen molar-refractivity contribution in [2.45, 2.75) is 39.7 Å². The van der Waals surface area contributed by atoms with Crippen molar-refractivity contribution in [3.05, 3.63) is 69.8 Å². The molecule has 0 bridgehead atoms. The topological polar surface area (TPSA) is 37.5 Å². The zero-order valence-electron chi connectivity index (χ0n) is 15.9. The lowest BCUT2D eigenvalue weighted by Gasteiger charge is -2.19. The van der Waals surface area contributed by atoms with Crippen LogP contribution in [0, 0.1) is 6.92 Å². The number of rotatable bonds is 4. The molecule has 26 heavy (non-hydrogen) atoms. The van der Waals surface area contributed by atoms with E-state index in [0.717, 1.165) is 27.3 Å². The molecule has 0 atom stereocenters. The van der Waals surface area contributed by atoms with Crippen molar-refractivity contribution in [1.29, 1.82) is 0 Å². The second-order valence-electron chi connectivity index (χ2n) is 7.50. The summed E-state index contributed by atoms with van der Waals surface area (Å²) in [6.45, 7) is 9.34. The minimum atomic E-state index is 0.0881. The molecule has 0 aliphatic rings. The van der Waals surface area contributed by atoms with Gasteiger partial charge >= 0.3 is 0 Å². The van der Waals surface area contributed by atoms with Crippen molar-refractivity contribution in [1.82, 2.24) is 4.57 Å². The van der Waals surface area contributed by atoms with Gasteiger partial charge in [0, 0.05) is 11.9 Å². The minimum Gasteiger partial charge on any atom is -0.395 e. The van der Waals surface area contributed by atoms with Crippen molar-refractivity contribution in [2.75, 3.05) is 6.61 Å². The fourth-order valence-corrected chi connectivity index (χ4v) is 3.85. The molecule has 3 aromatic rings. The number of aliphatic hydroxyl groups excluding tert-OH is 1. The van der Waals surface area contributed by atoms with Gasteiger partial charge in [0.15, 0.2) is 4.80 Å². The molecule has 0 fully saturated rings. The van der Waals surface area contributed by atoms with Crippen molar-refractivity contribution in [3.8, 4) is 11.3 Å². The van der Waals surface area contributed by atoms with Crippen LogP contribution in [-0.4, -0.2) is 16.3 Å². The highest BCUT2D eigenvalue weighted by Gasteiger charge is 2.14. The minimum absolute atomic E-state index is 0.0881. The molecule has 136 valence electrons. The average molecular weight is 367 g/mol. The summed E-state index contributed by atoms with van der Waals surface area (Å²) in [7, 11) is 0. The number of hydrogen-bond donors (Lipinski definition) is 1. The van der Waals surface area contributed by atoms with E-state index in [-0.39, 0.29) is 12.0 Å². The summed E-state index contributed by atoms with van der Waals surface area (Å²) in [4.78, 5) is 5.74. The van der Waals surface area contributed by atoms with Gasteiger partial charge in [-0.05, 0) is 35.1 Å². The number of para-hydroxylation sites is 1. The van der Waals surface area contributed by atoms with Gasteiger partial charge in [-0.15, -0.1) is 11.3 Å². The molecule has 3 nitrogen and oxygen atoms in total. The fraction of sp³-hybridized carbons (Fsp3) is 0.318. The van der Waals surface area contributed by atoms with E-state index in [9.17, 15) is 5.11 Å². The van der Waals surface area contributed by atoms with Crippen LogP contribution in [0.3, 0.4) is 0 Å². The quantitative estimate of drug-likeness (QED) is 0.689. The third-order valence-corrected chi connectivity index (χ3v) is 5.36. The Balaban J connectivity index is 2.07. The van der Waals surface area contributed by atoms with E-state index < -0.39 is 0 Å². The highest BCUT2D eigenvalue weighted by molar-refractivity contribution is 7.07. The van der Waals surface area contributed by atoms with Crippen LogP contribution in [0.15, 0.2) is 58.9 Å². The first kappa shape index (κ1) is 18.6. The van der Waals surface area contributed by atoms with E-state index in [4.69, 9.17) is 4.99 Å². The molecule has 2 aromatic carbocycles. The summed E-state index contributed by atoms with van der Waals surface area (Å²) in [6.07, 6.45) is 0. The van der Waals surface area contributed by atoms with Crippen molar-refractivity contribution in [3.63, 3.8) is 0 Å². The van der Waals surface area contributed by atoms with E-state index in [2.05, 4.69) is 68.0 Å². The summed E-state index contributed by atoms with van der Waals surface area (Å²) in [6, 6.07) is 16.8. The van der Waals surface area contributed by atoms with E-state index in [1.807, 2.05) is 18.2 Å². The predicted molar refractivity (Wildman–Crippen MR) is 110 cm³/mol. The van der Waals surface area contributed by atoms with Crippen LogP contribution in [0.1, 0.15) is 31.9 Å². The standard InChI is InChI=1S/C22H26N2OS/c1-16-7-5-6-8-19(16)23-21-24(13-14-25)20(15-26-21)17-9-11-18(12-10-17)22(2,3)4/h5-12,15,25H,13-14H2,1-4H3. The number of thiazole rings is 1. The van der Waals surface area contributed by atoms with Gasteiger partial charge in [-0.3, -0.25) is 0 Å². The third-order valence-electron chi connectivity index (χ3n) is 4.50. The van der Waals surface area contributed by atoms with Crippen LogP contribution in [0.25, 0.3) is 11.3 Å². The number of nitrogens with zero attached hydrogens (tertiary/aromatic N) is 2. The van der Waals surface area contributed by atoms with Gasteiger partial charge in [-0.2, -0.15) is 0 Å². The zero-order valence-corrected chi connectivity index (χ0v) is 16.7. The van der Waals surface area contributed by atoms with Crippen LogP contribution in [0.4, 0.5) is 5.69 Å². The Morgan fingerprint density at radius 1 is 1.04 bits per heavy atom. The largest absolute Gasteiger partial charge is 0.395 e. The Kier molecular flexibility index (Phi) is 5.44. The SMILES string of the molecule is Cc1ccccc1N=c1scc(-c2ccc(C(C)(C)C)cc2)n1CCO. The van der Waals surface area contributed by atoms with Gasteiger partial charge < -0.3 is 9.67 Å². The van der Waals surface area contributed by atoms with Crippen molar-refractivity contribution in [2.24, 2.45) is 4.99 Å². The summed E-state index contributed by atoms with van der Waals surface area (Å²) < 4.78 is 2.10. The van der Waals surface area contributed by atoms with Crippen molar-refractivity contribution >= 4 is 17.0 Å². The fourth-order valence-electron chi connectivity index (χ4n) is 2.90. The van der Waals surface area contributed by atoms with Crippen LogP contribution >= 0.6 is 11.3 Å². The molecule has 0 saturated carbocycles. The average Bonchev–Trinajstić information content (AvgIpc) is 2.99. The number of benzene rings is 2. The van der Waals surface area contributed by atoms with Gasteiger partial charge in [0.25, 0.3) is 0 Å². The lowest BCUT2D eigenvalue weighted by Crippen LogP contribution is -2.18. The molecular weight excluding hydrogens is 340 g/mol. The molecule has 0 aliphatic carbocycles. The maximum absolute atomic E-state index is 9.55. The molecule has 0 aliphatic heterocycles. The first-order chi connectivity index (χ1) is 12.4. The molecular formula is C22H26N2OS. The maximum atomic E-state index is 9.55. The molecule has 0 amide bonds. The van der Waals surface area contributed by atoms with E-state index in [1.54, 1.807) is 11.3 Å². The van der Waals surface area contributed by atoms with Gasteiger partial charge in [-0.1, -0.05) is 63.2 Å². The van der Waals surface area contributed by atoms with Crippen LogP contribution in [-0.2, 0) is 12.0 Å². The summed E-state index contributed by atoms with van der Waals surface area (Å²) in [5, 5.41) is 11.7. The summed E-state index contributed by atoms with van der Waals surface area (Å²) in [5.41, 5.74) is 5.81. The smallest absolute Gasteiger partial charge is 0.190 e. The number of aryl methyl sites for hydroxylation is 1. The monoisotopic (exact) mass is 366 g/mol. The molecule has 0 spiro atoms. The first-order valence-electron chi connectivity index (χ1n) is 8.90. The van der Waals surface area contributed by atoms with E-state index >= 15 is 0 Å². The van der Waals surface area contributed by atoms with Gasteiger partial charge in [0.05, 0.1) is 18.0 Å². The molecule has 1 aromatic heterocycles. The van der Waals surface area contributed by atoms with Gasteiger partial charge in [0.1, 0.15) is 0 Å². The Labute approximate surface area is 159 Å². The van der Waals surface area contributed by atoms with E-state index in [0.29, 0.717) is 6.54 Å². The van der Waals surface area contributed by atoms with Crippen LogP contribution in [0.5, 0.6) is 0 Å². The number of hydrogen-bond acceptors (Lipinski definition) is 3. The molecule has 4 heteroatoms. The molecule has 1 heterocycles. The molecule has 1 N–H and O–H groups in total. The highest BCUT2D eigenvalue weighted by atomic mass is 32.1. The Bertz CT molecular complexity index is 943. The number of aliphatic hydroxyl groups is 1. The first-order valence-corrected chi connectivity index (χ1v) is 9.78. The molecule has 0 unspecified atom stereocenters. The number of aromatic nitrogens is 1. The zero-order chi connectivity index (χ0) is 18.7. The van der Waals surface area contributed by atoms with Gasteiger partial charge in [0.2, 0.25) is 0 Å². The Hall–Kier alpha value is -2.17. The van der Waals surface area contributed by atoms with Crippen molar-refractivity contribution < 1.29 is 5.11 Å². The summed E-state index contributed by atoms with van der Waals surface area (Å²) in [5.74, 6) is 0. The summed E-state index contributed by atoms with van der Waals surface area (Å²) >= 11 is 1.61. The predicted octanol–water partition coefficient (Wildman–Crippen LogP) is 5.05. The third kappa shape index (κ3) is 3.97. The maximum Gasteiger partial charge on any atom is 0.190 e. The van der Waals surface area contributed by atoms with Gasteiger partial charge in [-0.25, -0.2) is 4.99 Å². The van der Waals surface area contributed by atoms with Crippen LogP contribution < -0.4 is 4.80 Å². The lowest BCUT2D eigenvalue weighted by molar-refractivity contribution is 0.275. The molecule has 0 radical (unpaired) electrons. The molecule has 3 rings (SSSR count). The lowest BCUT2D eigenvalue weighted by atomic mass is 9.86. The van der Waals surface area contributed by atoms with Crippen LogP contribution in [0.2, 0.25) is 0 Å². The Morgan fingerprint density at radius 2 is 1.73 bits per heavy atom. The second-order valence-corrected chi connectivity index (χ2v) is 8.34. The normalized spacial score (nSPS) is 12.6. The second kappa shape index (κ2) is 7.60. The highest BCUT2D eigenvalue weighted by Crippen LogP contribution is 2.27. The molecule has 0 saturated heterocycles. The van der Waals surface area contributed by atoms with E-state index in [1.165, 1.54) is 5.56 Å².